The fraction of sp³-hybridized carbons (Fsp3) is 1.00. The topological polar surface area (TPSA) is 32.3 Å². The Morgan fingerprint density at radius 3 is 1.67 bits per heavy atom. The highest BCUT2D eigenvalue weighted by Crippen LogP contribution is 2.25. The highest BCUT2D eigenvalue weighted by molar-refractivity contribution is 4.92. The molecule has 0 amide bonds. The van der Waals surface area contributed by atoms with Crippen molar-refractivity contribution in [1.82, 2.24) is 5.32 Å². The van der Waals surface area contributed by atoms with Gasteiger partial charge in [0.1, 0.15) is 0 Å². The number of likely N-dealkylation sites (N-methyl/N-ethyl adjacent to an activating group) is 1. The highest BCUT2D eigenvalue weighted by Gasteiger charge is 2.35. The predicted molar refractivity (Wildman–Crippen MR) is 53.2 cm³/mol. The van der Waals surface area contributed by atoms with Crippen LogP contribution in [0.4, 0.5) is 0 Å². The fourth-order valence-electron chi connectivity index (χ4n) is 1.83. The van der Waals surface area contributed by atoms with Crippen molar-refractivity contribution in [3.8, 4) is 0 Å². The predicted octanol–water partition coefficient (Wildman–Crippen LogP) is 1.64. The van der Waals surface area contributed by atoms with E-state index in [1.54, 1.807) is 0 Å². The lowest BCUT2D eigenvalue weighted by Crippen LogP contribution is -2.56. The standard InChI is InChI=1S/C10H23NO/c1-6-11-10(7-12,8(2)3)9(4)5/h8-9,11-12H,6-7H2,1-5H3. The number of nitrogens with one attached hydrogen (secondary N) is 1. The minimum Gasteiger partial charge on any atom is -0.394 e. The average Bonchev–Trinajstić information content (AvgIpc) is 1.98. The molecular formula is C10H23NO. The molecule has 2 N–H and O–H groups in total. The van der Waals surface area contributed by atoms with Crippen LogP contribution in [0.1, 0.15) is 34.6 Å². The summed E-state index contributed by atoms with van der Waals surface area (Å²) in [4.78, 5) is 0. The fourth-order valence-corrected chi connectivity index (χ4v) is 1.83. The SMILES string of the molecule is CCNC(CO)(C(C)C)C(C)C. The quantitative estimate of drug-likeness (QED) is 0.662. The lowest BCUT2D eigenvalue weighted by atomic mass is 9.77. The van der Waals surface area contributed by atoms with Crippen molar-refractivity contribution >= 4 is 0 Å². The summed E-state index contributed by atoms with van der Waals surface area (Å²) in [5.41, 5.74) is -0.102. The van der Waals surface area contributed by atoms with E-state index in [-0.39, 0.29) is 12.1 Å². The van der Waals surface area contributed by atoms with E-state index in [0.29, 0.717) is 11.8 Å². The van der Waals surface area contributed by atoms with Gasteiger partial charge in [-0.25, -0.2) is 0 Å². The third kappa shape index (κ3) is 2.20. The van der Waals surface area contributed by atoms with E-state index in [2.05, 4.69) is 39.9 Å². The van der Waals surface area contributed by atoms with Crippen LogP contribution in [0.2, 0.25) is 0 Å². The first-order valence-corrected chi connectivity index (χ1v) is 4.87. The monoisotopic (exact) mass is 173 g/mol. The molecule has 0 heterocycles. The van der Waals surface area contributed by atoms with Crippen LogP contribution in [-0.2, 0) is 0 Å². The molecule has 0 unspecified atom stereocenters. The van der Waals surface area contributed by atoms with Crippen molar-refractivity contribution in [2.24, 2.45) is 11.8 Å². The van der Waals surface area contributed by atoms with Gasteiger partial charge < -0.3 is 10.4 Å². The van der Waals surface area contributed by atoms with Crippen LogP contribution in [0.15, 0.2) is 0 Å². The number of aliphatic hydroxyl groups excluding tert-OH is 1. The molecule has 0 aromatic heterocycles. The second-order valence-electron chi connectivity index (χ2n) is 4.04. The maximum atomic E-state index is 9.39. The summed E-state index contributed by atoms with van der Waals surface area (Å²) in [5, 5.41) is 12.8. The Hall–Kier alpha value is -0.0800. The largest absolute Gasteiger partial charge is 0.394 e. The second-order valence-corrected chi connectivity index (χ2v) is 4.04. The van der Waals surface area contributed by atoms with E-state index < -0.39 is 0 Å². The number of aliphatic hydroxyl groups is 1. The summed E-state index contributed by atoms with van der Waals surface area (Å²) < 4.78 is 0. The molecule has 0 atom stereocenters. The summed E-state index contributed by atoms with van der Waals surface area (Å²) in [6, 6.07) is 0. The van der Waals surface area contributed by atoms with Crippen molar-refractivity contribution in [2.45, 2.75) is 40.2 Å². The third-order valence-electron chi connectivity index (χ3n) is 2.83. The van der Waals surface area contributed by atoms with E-state index >= 15 is 0 Å². The van der Waals surface area contributed by atoms with E-state index in [4.69, 9.17) is 0 Å². The van der Waals surface area contributed by atoms with Gasteiger partial charge in [0, 0.05) is 5.54 Å². The first-order valence-electron chi connectivity index (χ1n) is 4.87. The van der Waals surface area contributed by atoms with Gasteiger partial charge in [0.2, 0.25) is 0 Å². The van der Waals surface area contributed by atoms with Gasteiger partial charge >= 0.3 is 0 Å². The number of hydrogen-bond donors (Lipinski definition) is 2. The normalized spacial score (nSPS) is 13.0. The second kappa shape index (κ2) is 4.83. The molecule has 0 radical (unpaired) electrons. The lowest BCUT2D eigenvalue weighted by molar-refractivity contribution is 0.0771. The third-order valence-corrected chi connectivity index (χ3v) is 2.83. The zero-order valence-electron chi connectivity index (χ0n) is 9.02. The van der Waals surface area contributed by atoms with Crippen molar-refractivity contribution in [3.05, 3.63) is 0 Å². The van der Waals surface area contributed by atoms with Gasteiger partial charge in [0.25, 0.3) is 0 Å². The smallest absolute Gasteiger partial charge is 0.0618 e. The van der Waals surface area contributed by atoms with Crippen LogP contribution >= 0.6 is 0 Å². The Morgan fingerprint density at radius 2 is 1.58 bits per heavy atom. The molecule has 0 saturated carbocycles. The lowest BCUT2D eigenvalue weighted by Gasteiger charge is -2.40. The molecule has 2 heteroatoms. The number of rotatable bonds is 5. The van der Waals surface area contributed by atoms with Gasteiger partial charge in [0.05, 0.1) is 6.61 Å². The molecule has 0 aliphatic carbocycles. The maximum absolute atomic E-state index is 9.39. The van der Waals surface area contributed by atoms with E-state index in [0.717, 1.165) is 6.54 Å². The zero-order chi connectivity index (χ0) is 9.78. The first-order chi connectivity index (χ1) is 5.51. The minimum atomic E-state index is -0.102. The molecule has 0 aromatic rings. The summed E-state index contributed by atoms with van der Waals surface area (Å²) >= 11 is 0. The van der Waals surface area contributed by atoms with Crippen LogP contribution in [0.5, 0.6) is 0 Å². The molecule has 2 nitrogen and oxygen atoms in total. The molecule has 0 fully saturated rings. The molecular weight excluding hydrogens is 150 g/mol. The van der Waals surface area contributed by atoms with Crippen molar-refractivity contribution < 1.29 is 5.11 Å². The van der Waals surface area contributed by atoms with Gasteiger partial charge in [-0.05, 0) is 18.4 Å². The summed E-state index contributed by atoms with van der Waals surface area (Å²) in [5.74, 6) is 0.921. The van der Waals surface area contributed by atoms with Gasteiger partial charge in [-0.15, -0.1) is 0 Å². The molecule has 74 valence electrons. The molecule has 0 aromatic carbocycles. The Bertz CT molecular complexity index is 113. The van der Waals surface area contributed by atoms with Gasteiger partial charge in [-0.3, -0.25) is 0 Å². The zero-order valence-corrected chi connectivity index (χ0v) is 9.02. The van der Waals surface area contributed by atoms with Crippen LogP contribution in [0.3, 0.4) is 0 Å². The average molecular weight is 173 g/mol. The van der Waals surface area contributed by atoms with E-state index in [1.807, 2.05) is 0 Å². The summed E-state index contributed by atoms with van der Waals surface area (Å²) in [7, 11) is 0. The van der Waals surface area contributed by atoms with Crippen LogP contribution in [-0.4, -0.2) is 23.8 Å². The Balaban J connectivity index is 4.51. The van der Waals surface area contributed by atoms with Crippen LogP contribution in [0.25, 0.3) is 0 Å². The van der Waals surface area contributed by atoms with E-state index in [1.165, 1.54) is 0 Å². The highest BCUT2D eigenvalue weighted by atomic mass is 16.3. The summed E-state index contributed by atoms with van der Waals surface area (Å²) in [6.45, 7) is 11.8. The van der Waals surface area contributed by atoms with Crippen LogP contribution in [0, 0.1) is 11.8 Å². The van der Waals surface area contributed by atoms with Gasteiger partial charge in [-0.2, -0.15) is 0 Å². The molecule has 0 spiro atoms. The molecule has 12 heavy (non-hydrogen) atoms. The molecule has 0 saturated heterocycles. The van der Waals surface area contributed by atoms with Crippen molar-refractivity contribution in [2.75, 3.05) is 13.2 Å². The summed E-state index contributed by atoms with van der Waals surface area (Å²) in [6.07, 6.45) is 0. The Labute approximate surface area is 76.4 Å². The minimum absolute atomic E-state index is 0.102. The molecule has 0 rings (SSSR count). The molecule has 0 bridgehead atoms. The number of hydrogen-bond acceptors (Lipinski definition) is 2. The van der Waals surface area contributed by atoms with Gasteiger partial charge in [-0.1, -0.05) is 34.6 Å². The first kappa shape index (κ1) is 11.9. The van der Waals surface area contributed by atoms with Gasteiger partial charge in [0.15, 0.2) is 0 Å². The molecule has 0 aliphatic rings. The van der Waals surface area contributed by atoms with Crippen molar-refractivity contribution in [3.63, 3.8) is 0 Å². The molecule has 0 aliphatic heterocycles. The van der Waals surface area contributed by atoms with Crippen LogP contribution < -0.4 is 5.32 Å². The van der Waals surface area contributed by atoms with Crippen molar-refractivity contribution in [1.29, 1.82) is 0 Å². The maximum Gasteiger partial charge on any atom is 0.0618 e. The Morgan fingerprint density at radius 1 is 1.17 bits per heavy atom. The Kier molecular flexibility index (Phi) is 4.80. The van der Waals surface area contributed by atoms with E-state index in [9.17, 15) is 5.11 Å².